The van der Waals surface area contributed by atoms with Crippen molar-refractivity contribution in [3.05, 3.63) is 50.6 Å². The lowest BCUT2D eigenvalue weighted by atomic mass is 10.2. The number of hydrogen-bond acceptors (Lipinski definition) is 5. The molecule has 7 heteroatoms. The lowest BCUT2D eigenvalue weighted by Crippen LogP contribution is -2.05. The van der Waals surface area contributed by atoms with Crippen molar-refractivity contribution in [2.75, 3.05) is 0 Å². The Labute approximate surface area is 117 Å². The number of carboxylic acids is 1. The van der Waals surface area contributed by atoms with E-state index in [1.807, 2.05) is 11.4 Å². The Hall–Kier alpha value is -1.86. The van der Waals surface area contributed by atoms with Gasteiger partial charge in [0.15, 0.2) is 5.16 Å². The van der Waals surface area contributed by atoms with Gasteiger partial charge >= 0.3 is 5.97 Å². The van der Waals surface area contributed by atoms with E-state index in [1.165, 1.54) is 35.4 Å². The fourth-order valence-electron chi connectivity index (χ4n) is 1.34. The SMILES string of the molecule is O=C(O)C=Cc1ccsc1CSc1nccc(=O)[nH]1. The Morgan fingerprint density at radius 3 is 3.11 bits per heavy atom. The van der Waals surface area contributed by atoms with Gasteiger partial charge in [-0.1, -0.05) is 11.8 Å². The lowest BCUT2D eigenvalue weighted by Gasteiger charge is -1.99. The minimum atomic E-state index is -0.973. The van der Waals surface area contributed by atoms with E-state index in [0.29, 0.717) is 10.9 Å². The number of aromatic nitrogens is 2. The van der Waals surface area contributed by atoms with Gasteiger partial charge in [0.1, 0.15) is 0 Å². The molecular weight excluding hydrogens is 284 g/mol. The van der Waals surface area contributed by atoms with Crippen LogP contribution in [0, 0.1) is 0 Å². The molecule has 2 aromatic rings. The molecule has 0 spiro atoms. The maximum Gasteiger partial charge on any atom is 0.328 e. The molecule has 0 atom stereocenters. The van der Waals surface area contributed by atoms with Gasteiger partial charge in [-0.15, -0.1) is 11.3 Å². The van der Waals surface area contributed by atoms with Gasteiger partial charge in [0.2, 0.25) is 0 Å². The summed E-state index contributed by atoms with van der Waals surface area (Å²) in [5.74, 6) is -0.344. The normalized spacial score (nSPS) is 10.9. The molecule has 5 nitrogen and oxygen atoms in total. The van der Waals surface area contributed by atoms with Gasteiger partial charge in [-0.2, -0.15) is 0 Å². The summed E-state index contributed by atoms with van der Waals surface area (Å²) in [5, 5.41) is 11.1. The van der Waals surface area contributed by atoms with Crippen LogP contribution in [-0.4, -0.2) is 21.0 Å². The smallest absolute Gasteiger partial charge is 0.328 e. The first-order chi connectivity index (χ1) is 9.15. The van der Waals surface area contributed by atoms with Crippen molar-refractivity contribution in [1.29, 1.82) is 0 Å². The molecule has 0 saturated carbocycles. The van der Waals surface area contributed by atoms with Crippen LogP contribution < -0.4 is 5.56 Å². The Morgan fingerprint density at radius 1 is 1.53 bits per heavy atom. The zero-order valence-electron chi connectivity index (χ0n) is 9.70. The zero-order valence-corrected chi connectivity index (χ0v) is 11.3. The summed E-state index contributed by atoms with van der Waals surface area (Å²) in [6, 6.07) is 3.22. The van der Waals surface area contributed by atoms with Gasteiger partial charge in [-0.3, -0.25) is 4.79 Å². The van der Waals surface area contributed by atoms with E-state index in [0.717, 1.165) is 16.5 Å². The molecule has 19 heavy (non-hydrogen) atoms. The number of carbonyl (C=O) groups is 1. The number of thioether (sulfide) groups is 1. The molecule has 0 bridgehead atoms. The highest BCUT2D eigenvalue weighted by molar-refractivity contribution is 7.98. The third kappa shape index (κ3) is 4.08. The summed E-state index contributed by atoms with van der Waals surface area (Å²) < 4.78 is 0. The molecule has 2 N–H and O–H groups in total. The first kappa shape index (κ1) is 13.6. The topological polar surface area (TPSA) is 83.0 Å². The monoisotopic (exact) mass is 294 g/mol. The number of H-pyrrole nitrogens is 1. The third-order valence-corrected chi connectivity index (χ3v) is 4.21. The van der Waals surface area contributed by atoms with Crippen molar-refractivity contribution in [2.24, 2.45) is 0 Å². The minimum absolute atomic E-state index is 0.185. The number of thiophene rings is 1. The van der Waals surface area contributed by atoms with Crippen LogP contribution >= 0.6 is 23.1 Å². The molecule has 2 heterocycles. The number of aliphatic carboxylic acids is 1. The van der Waals surface area contributed by atoms with Gasteiger partial charge in [-0.05, 0) is 23.1 Å². The molecule has 2 aromatic heterocycles. The van der Waals surface area contributed by atoms with Crippen LogP contribution in [0.1, 0.15) is 10.4 Å². The molecule has 0 aliphatic rings. The number of rotatable bonds is 5. The van der Waals surface area contributed by atoms with Crippen molar-refractivity contribution in [3.8, 4) is 0 Å². The summed E-state index contributed by atoms with van der Waals surface area (Å²) in [5.41, 5.74) is 0.688. The number of nitrogens with zero attached hydrogens (tertiary/aromatic N) is 1. The van der Waals surface area contributed by atoms with Crippen LogP contribution in [-0.2, 0) is 10.5 Å². The van der Waals surface area contributed by atoms with Crippen LogP contribution in [0.15, 0.2) is 39.7 Å². The molecule has 0 aromatic carbocycles. The number of nitrogens with one attached hydrogen (secondary N) is 1. The molecule has 0 fully saturated rings. The van der Waals surface area contributed by atoms with E-state index in [-0.39, 0.29) is 5.56 Å². The highest BCUT2D eigenvalue weighted by atomic mass is 32.2. The predicted molar refractivity (Wildman–Crippen MR) is 75.4 cm³/mol. The summed E-state index contributed by atoms with van der Waals surface area (Å²) >= 11 is 2.94. The van der Waals surface area contributed by atoms with Crippen LogP contribution in [0.3, 0.4) is 0 Å². The second-order valence-corrected chi connectivity index (χ2v) is 5.46. The first-order valence-electron chi connectivity index (χ1n) is 5.30. The Balaban J connectivity index is 2.06. The van der Waals surface area contributed by atoms with Crippen LogP contribution in [0.25, 0.3) is 6.08 Å². The average molecular weight is 294 g/mol. The van der Waals surface area contributed by atoms with E-state index in [2.05, 4.69) is 9.97 Å². The van der Waals surface area contributed by atoms with Crippen molar-refractivity contribution in [2.45, 2.75) is 10.9 Å². The zero-order chi connectivity index (χ0) is 13.7. The van der Waals surface area contributed by atoms with Gasteiger partial charge in [0.05, 0.1) is 0 Å². The predicted octanol–water partition coefficient (Wildman–Crippen LogP) is 2.22. The van der Waals surface area contributed by atoms with Gasteiger partial charge in [-0.25, -0.2) is 9.78 Å². The molecular formula is C12H10N2O3S2. The average Bonchev–Trinajstić information content (AvgIpc) is 2.81. The Kier molecular flexibility index (Phi) is 4.53. The summed E-state index contributed by atoms with van der Waals surface area (Å²) in [7, 11) is 0. The van der Waals surface area contributed by atoms with E-state index in [1.54, 1.807) is 6.08 Å². The summed E-state index contributed by atoms with van der Waals surface area (Å²) in [4.78, 5) is 29.3. The fourth-order valence-corrected chi connectivity index (χ4v) is 3.18. The van der Waals surface area contributed by atoms with Gasteiger partial charge in [0, 0.05) is 29.0 Å². The van der Waals surface area contributed by atoms with Crippen LogP contribution in [0.2, 0.25) is 0 Å². The van der Waals surface area contributed by atoms with E-state index >= 15 is 0 Å². The number of carboxylic acid groups (broad SMARTS) is 1. The molecule has 0 aliphatic heterocycles. The standard InChI is InChI=1S/C12H10N2O3S2/c15-10-3-5-13-12(14-10)19-7-9-8(4-6-18-9)1-2-11(16)17/h1-6H,7H2,(H,16,17)(H,13,14,15). The van der Waals surface area contributed by atoms with E-state index in [9.17, 15) is 9.59 Å². The maximum absolute atomic E-state index is 11.1. The maximum atomic E-state index is 11.1. The van der Waals surface area contributed by atoms with E-state index in [4.69, 9.17) is 5.11 Å². The second-order valence-electron chi connectivity index (χ2n) is 3.50. The van der Waals surface area contributed by atoms with Gasteiger partial charge in [0.25, 0.3) is 5.56 Å². The number of aromatic amines is 1. The molecule has 0 unspecified atom stereocenters. The molecule has 0 radical (unpaired) electrons. The second kappa shape index (κ2) is 6.35. The fraction of sp³-hybridized carbons (Fsp3) is 0.0833. The molecule has 0 aliphatic carbocycles. The Bertz CT molecular complexity index is 661. The highest BCUT2D eigenvalue weighted by Crippen LogP contribution is 2.26. The van der Waals surface area contributed by atoms with Crippen molar-refractivity contribution in [3.63, 3.8) is 0 Å². The molecule has 2 rings (SSSR count). The minimum Gasteiger partial charge on any atom is -0.478 e. The quantitative estimate of drug-likeness (QED) is 0.502. The Morgan fingerprint density at radius 2 is 2.37 bits per heavy atom. The largest absolute Gasteiger partial charge is 0.478 e. The van der Waals surface area contributed by atoms with Crippen LogP contribution in [0.5, 0.6) is 0 Å². The van der Waals surface area contributed by atoms with Gasteiger partial charge < -0.3 is 10.1 Å². The van der Waals surface area contributed by atoms with Crippen molar-refractivity contribution < 1.29 is 9.90 Å². The van der Waals surface area contributed by atoms with Crippen LogP contribution in [0.4, 0.5) is 0 Å². The van der Waals surface area contributed by atoms with Crippen molar-refractivity contribution in [1.82, 2.24) is 9.97 Å². The first-order valence-corrected chi connectivity index (χ1v) is 7.17. The third-order valence-electron chi connectivity index (χ3n) is 2.17. The highest BCUT2D eigenvalue weighted by Gasteiger charge is 2.04. The summed E-state index contributed by atoms with van der Waals surface area (Å²) in [6.07, 6.45) is 4.13. The molecule has 98 valence electrons. The van der Waals surface area contributed by atoms with Crippen molar-refractivity contribution >= 4 is 35.1 Å². The number of hydrogen-bond donors (Lipinski definition) is 2. The summed E-state index contributed by atoms with van der Waals surface area (Å²) in [6.45, 7) is 0. The van der Waals surface area contributed by atoms with E-state index < -0.39 is 5.97 Å². The molecule has 0 saturated heterocycles. The molecule has 0 amide bonds. The lowest BCUT2D eigenvalue weighted by molar-refractivity contribution is -0.131.